The van der Waals surface area contributed by atoms with Crippen LogP contribution in [0.2, 0.25) is 0 Å². The van der Waals surface area contributed by atoms with Gasteiger partial charge in [-0.25, -0.2) is 4.79 Å². The van der Waals surface area contributed by atoms with Crippen LogP contribution in [-0.4, -0.2) is 116 Å². The molecule has 5 amide bonds. The predicted octanol–water partition coefficient (Wildman–Crippen LogP) is 2.81. The van der Waals surface area contributed by atoms with Gasteiger partial charge in [0.25, 0.3) is 16.1 Å². The maximum Gasteiger partial charge on any atom is 0.315 e. The van der Waals surface area contributed by atoms with Crippen LogP contribution in [0.25, 0.3) is 0 Å². The number of urea groups is 1. The number of likely N-dealkylation sites (tertiary alicyclic amines) is 1. The summed E-state index contributed by atoms with van der Waals surface area (Å²) >= 11 is 0. The number of nitrogens with one attached hydrogen (secondary N) is 4. The number of amides is 5. The first-order valence-corrected chi connectivity index (χ1v) is 20.4. The minimum Gasteiger partial charge on any atom is -0.346 e. The van der Waals surface area contributed by atoms with Crippen molar-refractivity contribution in [3.05, 3.63) is 12.7 Å². The molecule has 3 aliphatic rings. The van der Waals surface area contributed by atoms with Crippen molar-refractivity contribution in [1.82, 2.24) is 34.8 Å². The molecule has 1 saturated heterocycles. The van der Waals surface area contributed by atoms with Gasteiger partial charge in [0.15, 0.2) is 0 Å². The average molecular weight is 752 g/mol. The fourth-order valence-corrected chi connectivity index (χ4v) is 8.49. The van der Waals surface area contributed by atoms with Gasteiger partial charge in [-0.15, -0.1) is 6.58 Å². The lowest BCUT2D eigenvalue weighted by Crippen LogP contribution is -2.61. The van der Waals surface area contributed by atoms with E-state index in [9.17, 15) is 32.4 Å². The van der Waals surface area contributed by atoms with Gasteiger partial charge in [-0.05, 0) is 54.8 Å². The van der Waals surface area contributed by atoms with Gasteiger partial charge in [0, 0.05) is 46.8 Å². The van der Waals surface area contributed by atoms with Crippen LogP contribution in [0, 0.1) is 29.1 Å². The topological polar surface area (TPSA) is 177 Å². The van der Waals surface area contributed by atoms with E-state index < -0.39 is 63.4 Å². The standard InChI is InChI=1S/C37H65N7O7S/c1-10-20-38-34(47)32(45)28(22-25-15-14-16-25)39-33(46)31-27(24(2)3)19-21-44(31)35(48)30(26-17-12-11-13-18-26)41-36(49)40-29(37(4,5)6)23-43(9)52(50,51)42(7)8/h10,24-31H,1,11-23H2,2-9H3,(H,38,47)(H,39,46)(H2,40,41,49)/t27-,28?,29-,30+,31+/m1/s1. The number of ketones is 1. The SMILES string of the molecule is C=CCNC(=O)C(=O)C(CC1CCC1)NC(=O)[C@@H]1[C@@H](C(C)C)CCN1C(=O)[C@@H](NC(=O)N[C@H](CN(C)S(=O)(=O)N(C)C)C(C)(C)C)C1CCCCC1. The minimum absolute atomic E-state index is 0.0102. The van der Waals surface area contributed by atoms with E-state index in [0.717, 1.165) is 55.7 Å². The van der Waals surface area contributed by atoms with Crippen LogP contribution >= 0.6 is 0 Å². The molecule has 0 aromatic rings. The van der Waals surface area contributed by atoms with E-state index in [0.29, 0.717) is 19.4 Å². The van der Waals surface area contributed by atoms with Crippen LogP contribution in [0.4, 0.5) is 4.79 Å². The molecule has 0 aromatic carbocycles. The van der Waals surface area contributed by atoms with E-state index in [1.54, 1.807) is 4.90 Å². The Balaban J connectivity index is 1.88. The van der Waals surface area contributed by atoms with Crippen molar-refractivity contribution in [2.24, 2.45) is 29.1 Å². The quantitative estimate of drug-likeness (QED) is 0.131. The lowest BCUT2D eigenvalue weighted by atomic mass is 9.80. The Bertz CT molecular complexity index is 1390. The van der Waals surface area contributed by atoms with Gasteiger partial charge in [0.2, 0.25) is 17.6 Å². The summed E-state index contributed by atoms with van der Waals surface area (Å²) in [7, 11) is 0.615. The highest BCUT2D eigenvalue weighted by molar-refractivity contribution is 7.86. The largest absolute Gasteiger partial charge is 0.346 e. The summed E-state index contributed by atoms with van der Waals surface area (Å²) in [4.78, 5) is 70.3. The fourth-order valence-electron chi connectivity index (χ4n) is 7.59. The van der Waals surface area contributed by atoms with Crippen molar-refractivity contribution in [1.29, 1.82) is 0 Å². The van der Waals surface area contributed by atoms with Gasteiger partial charge >= 0.3 is 6.03 Å². The molecule has 4 N–H and O–H groups in total. The van der Waals surface area contributed by atoms with E-state index in [-0.39, 0.29) is 42.7 Å². The highest BCUT2D eigenvalue weighted by Crippen LogP contribution is 2.35. The summed E-state index contributed by atoms with van der Waals surface area (Å²) in [6.07, 6.45) is 9.61. The monoisotopic (exact) mass is 751 g/mol. The van der Waals surface area contributed by atoms with E-state index in [1.807, 2.05) is 34.6 Å². The first-order chi connectivity index (χ1) is 24.3. The smallest absolute Gasteiger partial charge is 0.315 e. The van der Waals surface area contributed by atoms with Crippen LogP contribution in [0.1, 0.15) is 98.8 Å². The zero-order valence-electron chi connectivity index (χ0n) is 32.7. The number of carbonyl (C=O) groups is 5. The molecule has 0 aromatic heterocycles. The van der Waals surface area contributed by atoms with Crippen LogP contribution in [-0.2, 0) is 29.4 Å². The molecule has 3 fully saturated rings. The van der Waals surface area contributed by atoms with Crippen LogP contribution < -0.4 is 21.3 Å². The summed E-state index contributed by atoms with van der Waals surface area (Å²) in [6.45, 7) is 13.8. The Hall–Kier alpha value is -3.04. The first-order valence-electron chi connectivity index (χ1n) is 19.0. The number of rotatable bonds is 17. The molecule has 1 unspecified atom stereocenters. The molecule has 2 aliphatic carbocycles. The molecule has 1 aliphatic heterocycles. The number of hydrogen-bond donors (Lipinski definition) is 4. The van der Waals surface area contributed by atoms with E-state index in [1.165, 1.54) is 31.5 Å². The number of Topliss-reactive ketones (excluding diaryl/α,β-unsaturated/α-hetero) is 1. The highest BCUT2D eigenvalue weighted by Gasteiger charge is 2.47. The molecule has 0 spiro atoms. The predicted molar refractivity (Wildman–Crippen MR) is 201 cm³/mol. The molecule has 15 heteroatoms. The van der Waals surface area contributed by atoms with Crippen LogP contribution in [0.3, 0.4) is 0 Å². The van der Waals surface area contributed by atoms with Crippen LogP contribution in [0.15, 0.2) is 12.7 Å². The van der Waals surface area contributed by atoms with Crippen molar-refractivity contribution >= 4 is 39.7 Å². The van der Waals surface area contributed by atoms with E-state index >= 15 is 0 Å². The molecular formula is C37H65N7O7S. The van der Waals surface area contributed by atoms with Crippen molar-refractivity contribution in [2.45, 2.75) is 123 Å². The third-order valence-corrected chi connectivity index (χ3v) is 13.1. The molecule has 52 heavy (non-hydrogen) atoms. The summed E-state index contributed by atoms with van der Waals surface area (Å²) in [5, 5.41) is 11.4. The van der Waals surface area contributed by atoms with E-state index in [2.05, 4.69) is 27.8 Å². The zero-order valence-corrected chi connectivity index (χ0v) is 33.5. The molecule has 1 heterocycles. The summed E-state index contributed by atoms with van der Waals surface area (Å²) < 4.78 is 27.9. The van der Waals surface area contributed by atoms with Crippen LogP contribution in [0.5, 0.6) is 0 Å². The number of likely N-dealkylation sites (N-methyl/N-ethyl adjacent to an activating group) is 1. The molecule has 3 rings (SSSR count). The Morgan fingerprint density at radius 2 is 1.54 bits per heavy atom. The molecule has 0 bridgehead atoms. The number of nitrogens with zero attached hydrogens (tertiary/aromatic N) is 3. The van der Waals surface area contributed by atoms with Gasteiger partial charge in [0.05, 0.1) is 6.04 Å². The number of hydrogen-bond acceptors (Lipinski definition) is 7. The lowest BCUT2D eigenvalue weighted by molar-refractivity contribution is -0.144. The van der Waals surface area contributed by atoms with Gasteiger partial charge in [-0.2, -0.15) is 17.0 Å². The third kappa shape index (κ3) is 11.2. The van der Waals surface area contributed by atoms with Gasteiger partial charge in [0.1, 0.15) is 12.1 Å². The Morgan fingerprint density at radius 3 is 2.06 bits per heavy atom. The van der Waals surface area contributed by atoms with Gasteiger partial charge in [-0.1, -0.05) is 79.2 Å². The zero-order chi connectivity index (χ0) is 39.0. The fraction of sp³-hybridized carbons (Fsp3) is 0.811. The Labute approximate surface area is 311 Å². The Kier molecular flexibility index (Phi) is 15.7. The third-order valence-electron chi connectivity index (χ3n) is 11.2. The molecule has 0 radical (unpaired) electrons. The summed E-state index contributed by atoms with van der Waals surface area (Å²) in [5.41, 5.74) is -0.531. The summed E-state index contributed by atoms with van der Waals surface area (Å²) in [5.74, 6) is -2.40. The maximum absolute atomic E-state index is 14.7. The van der Waals surface area contributed by atoms with Crippen molar-refractivity contribution < 1.29 is 32.4 Å². The van der Waals surface area contributed by atoms with Gasteiger partial charge < -0.3 is 26.2 Å². The maximum atomic E-state index is 14.7. The average Bonchev–Trinajstić information content (AvgIpc) is 3.52. The molecule has 296 valence electrons. The highest BCUT2D eigenvalue weighted by atomic mass is 32.2. The van der Waals surface area contributed by atoms with Gasteiger partial charge in [-0.3, -0.25) is 19.2 Å². The number of carbonyl (C=O) groups excluding carboxylic acids is 5. The molecular weight excluding hydrogens is 687 g/mol. The minimum atomic E-state index is -3.74. The normalized spacial score (nSPS) is 22.0. The summed E-state index contributed by atoms with van der Waals surface area (Å²) in [6, 6.07) is -4.00. The second kappa shape index (κ2) is 18.8. The van der Waals surface area contributed by atoms with Crippen molar-refractivity contribution in [2.75, 3.05) is 40.8 Å². The molecule has 14 nitrogen and oxygen atoms in total. The van der Waals surface area contributed by atoms with Crippen molar-refractivity contribution in [3.8, 4) is 0 Å². The lowest BCUT2D eigenvalue weighted by Gasteiger charge is -2.38. The molecule has 2 saturated carbocycles. The second-order valence-corrected chi connectivity index (χ2v) is 18.9. The Morgan fingerprint density at radius 1 is 0.904 bits per heavy atom. The van der Waals surface area contributed by atoms with Crippen molar-refractivity contribution in [3.63, 3.8) is 0 Å². The molecule has 5 atom stereocenters. The van der Waals surface area contributed by atoms with E-state index in [4.69, 9.17) is 0 Å². The first kappa shape index (κ1) is 43.4. The second-order valence-electron chi connectivity index (χ2n) is 16.6.